The van der Waals surface area contributed by atoms with Gasteiger partial charge >= 0.3 is 6.03 Å². The summed E-state index contributed by atoms with van der Waals surface area (Å²) in [6.07, 6.45) is 1.93. The van der Waals surface area contributed by atoms with Crippen molar-refractivity contribution >= 4 is 23.2 Å². The zero-order valence-electron chi connectivity index (χ0n) is 15.2. The van der Waals surface area contributed by atoms with Gasteiger partial charge in [-0.1, -0.05) is 42.5 Å². The number of rotatable bonds is 3. The Kier molecular flexibility index (Phi) is 5.01. The van der Waals surface area contributed by atoms with E-state index in [1.807, 2.05) is 83.9 Å². The molecule has 2 amide bonds. The molecule has 2 heterocycles. The summed E-state index contributed by atoms with van der Waals surface area (Å²) in [5.74, 6) is 1.09. The molecule has 1 aliphatic rings. The highest BCUT2D eigenvalue weighted by molar-refractivity contribution is 5.99. The quantitative estimate of drug-likeness (QED) is 0.717. The van der Waals surface area contributed by atoms with Crippen molar-refractivity contribution in [1.82, 2.24) is 4.90 Å². The minimum atomic E-state index is 0.0177. The van der Waals surface area contributed by atoms with Crippen LogP contribution in [0.4, 0.5) is 22.0 Å². The summed E-state index contributed by atoms with van der Waals surface area (Å²) in [5, 5.41) is 0. The third-order valence-corrected chi connectivity index (χ3v) is 4.80. The van der Waals surface area contributed by atoms with Crippen LogP contribution in [-0.4, -0.2) is 37.1 Å². The molecule has 1 aliphatic heterocycles. The van der Waals surface area contributed by atoms with Gasteiger partial charge in [0.15, 0.2) is 0 Å². The molecule has 0 atom stereocenters. The Balaban J connectivity index is 1.53. The zero-order valence-corrected chi connectivity index (χ0v) is 15.2. The monoisotopic (exact) mass is 359 g/mol. The molecule has 3 aromatic rings. The summed E-state index contributed by atoms with van der Waals surface area (Å²) in [7, 11) is 0. The fourth-order valence-electron chi connectivity index (χ4n) is 3.38. The SMILES string of the molecule is O=C(N1CCN(c2cccc[nH+]2)CC1)N(c1ccccc1)c1ccccc1. The predicted molar refractivity (Wildman–Crippen MR) is 107 cm³/mol. The molecule has 1 fully saturated rings. The van der Waals surface area contributed by atoms with Crippen LogP contribution in [0, 0.1) is 0 Å². The van der Waals surface area contributed by atoms with Crippen molar-refractivity contribution in [3.8, 4) is 0 Å². The number of H-pyrrole nitrogens is 1. The van der Waals surface area contributed by atoms with E-state index in [4.69, 9.17) is 0 Å². The molecule has 0 spiro atoms. The summed E-state index contributed by atoms with van der Waals surface area (Å²) >= 11 is 0. The number of anilines is 3. The second-order valence-electron chi connectivity index (χ2n) is 6.51. The van der Waals surface area contributed by atoms with E-state index < -0.39 is 0 Å². The third-order valence-electron chi connectivity index (χ3n) is 4.80. The van der Waals surface area contributed by atoms with Crippen LogP contribution >= 0.6 is 0 Å². The average molecular weight is 359 g/mol. The van der Waals surface area contributed by atoms with Gasteiger partial charge in [0.25, 0.3) is 5.82 Å². The first-order valence-electron chi connectivity index (χ1n) is 9.24. The van der Waals surface area contributed by atoms with Crippen molar-refractivity contribution in [3.05, 3.63) is 85.1 Å². The van der Waals surface area contributed by atoms with Crippen molar-refractivity contribution in [2.75, 3.05) is 36.0 Å². The lowest BCUT2D eigenvalue weighted by Gasteiger charge is -2.35. The molecule has 4 rings (SSSR count). The van der Waals surface area contributed by atoms with Crippen LogP contribution < -0.4 is 14.8 Å². The molecule has 0 unspecified atom stereocenters. The minimum Gasteiger partial charge on any atom is -0.316 e. The van der Waals surface area contributed by atoms with Gasteiger partial charge in [0.05, 0.1) is 30.7 Å². The molecule has 0 bridgehead atoms. The van der Waals surface area contributed by atoms with Gasteiger partial charge in [-0.15, -0.1) is 0 Å². The number of piperazine rings is 1. The zero-order chi connectivity index (χ0) is 18.5. The van der Waals surface area contributed by atoms with Crippen LogP contribution in [0.5, 0.6) is 0 Å². The fourth-order valence-corrected chi connectivity index (χ4v) is 3.38. The highest BCUT2D eigenvalue weighted by Gasteiger charge is 2.30. The van der Waals surface area contributed by atoms with Gasteiger partial charge in [-0.3, -0.25) is 9.80 Å². The second kappa shape index (κ2) is 7.91. The molecule has 5 nitrogen and oxygen atoms in total. The van der Waals surface area contributed by atoms with Crippen LogP contribution in [-0.2, 0) is 0 Å². The number of hydrogen-bond donors (Lipinski definition) is 0. The molecule has 1 aromatic heterocycles. The molecule has 0 aliphatic carbocycles. The first-order valence-corrected chi connectivity index (χ1v) is 9.24. The number of nitrogens with zero attached hydrogens (tertiary/aromatic N) is 3. The number of amides is 2. The number of urea groups is 1. The number of carbonyl (C=O) groups excluding carboxylic acids is 1. The molecular formula is C22H23N4O+. The number of carbonyl (C=O) groups is 1. The number of pyridine rings is 1. The highest BCUT2D eigenvalue weighted by atomic mass is 16.2. The van der Waals surface area contributed by atoms with Gasteiger partial charge in [0, 0.05) is 6.07 Å². The Morgan fingerprint density at radius 3 is 1.81 bits per heavy atom. The summed E-state index contributed by atoms with van der Waals surface area (Å²) in [5.41, 5.74) is 1.76. The van der Waals surface area contributed by atoms with Crippen molar-refractivity contribution in [3.63, 3.8) is 0 Å². The standard InChI is InChI=1S/C22H22N4O/c27-22(25-17-15-24(16-18-25)21-13-7-8-14-23-21)26(19-9-3-1-4-10-19)20-11-5-2-6-12-20/h1-14H,15-18H2/p+1. The Labute approximate surface area is 159 Å². The molecule has 5 heteroatoms. The summed E-state index contributed by atoms with van der Waals surface area (Å²) in [4.78, 5) is 22.6. The highest BCUT2D eigenvalue weighted by Crippen LogP contribution is 2.27. The number of hydrogen-bond acceptors (Lipinski definition) is 2. The van der Waals surface area contributed by atoms with Crippen molar-refractivity contribution in [2.24, 2.45) is 0 Å². The maximum absolute atomic E-state index is 13.4. The minimum absolute atomic E-state index is 0.0177. The van der Waals surface area contributed by atoms with E-state index in [0.717, 1.165) is 30.3 Å². The third kappa shape index (κ3) is 3.77. The van der Waals surface area contributed by atoms with Crippen molar-refractivity contribution in [1.29, 1.82) is 0 Å². The smallest absolute Gasteiger partial charge is 0.316 e. The van der Waals surface area contributed by atoms with Crippen LogP contribution in [0.3, 0.4) is 0 Å². The van der Waals surface area contributed by atoms with Crippen LogP contribution in [0.1, 0.15) is 0 Å². The van der Waals surface area contributed by atoms with E-state index in [9.17, 15) is 4.79 Å². The van der Waals surface area contributed by atoms with Crippen molar-refractivity contribution in [2.45, 2.75) is 0 Å². The number of benzene rings is 2. The van der Waals surface area contributed by atoms with Gasteiger partial charge < -0.3 is 4.90 Å². The van der Waals surface area contributed by atoms with Crippen LogP contribution in [0.2, 0.25) is 0 Å². The molecular weight excluding hydrogens is 336 g/mol. The first kappa shape index (κ1) is 17.1. The van der Waals surface area contributed by atoms with E-state index in [2.05, 4.69) is 16.0 Å². The summed E-state index contributed by atoms with van der Waals surface area (Å²) in [6.45, 7) is 3.00. The van der Waals surface area contributed by atoms with Gasteiger partial charge in [-0.25, -0.2) is 9.78 Å². The largest absolute Gasteiger partial charge is 0.329 e. The molecule has 27 heavy (non-hydrogen) atoms. The maximum Gasteiger partial charge on any atom is 0.329 e. The molecule has 1 N–H and O–H groups in total. The lowest BCUT2D eigenvalue weighted by Crippen LogP contribution is -2.53. The molecule has 1 saturated heterocycles. The Morgan fingerprint density at radius 1 is 0.741 bits per heavy atom. The lowest BCUT2D eigenvalue weighted by atomic mass is 10.2. The Morgan fingerprint density at radius 2 is 1.30 bits per heavy atom. The van der Waals surface area contributed by atoms with E-state index in [0.29, 0.717) is 13.1 Å². The Hall–Kier alpha value is -3.34. The van der Waals surface area contributed by atoms with Gasteiger partial charge in [-0.05, 0) is 30.3 Å². The Bertz CT molecular complexity index is 823. The summed E-state index contributed by atoms with van der Waals surface area (Å²) < 4.78 is 0. The number of aromatic amines is 1. The lowest BCUT2D eigenvalue weighted by molar-refractivity contribution is -0.364. The molecule has 0 radical (unpaired) electrons. The van der Waals surface area contributed by atoms with E-state index in [1.165, 1.54) is 0 Å². The predicted octanol–water partition coefficient (Wildman–Crippen LogP) is 3.58. The van der Waals surface area contributed by atoms with Crippen molar-refractivity contribution < 1.29 is 9.78 Å². The normalized spacial score (nSPS) is 14.1. The van der Waals surface area contributed by atoms with E-state index in [-0.39, 0.29) is 6.03 Å². The van der Waals surface area contributed by atoms with Crippen LogP contribution in [0.25, 0.3) is 0 Å². The molecule has 0 saturated carbocycles. The molecule has 2 aromatic carbocycles. The average Bonchev–Trinajstić information content (AvgIpc) is 2.76. The van der Waals surface area contributed by atoms with Gasteiger partial charge in [0.2, 0.25) is 0 Å². The first-order chi connectivity index (χ1) is 13.3. The second-order valence-corrected chi connectivity index (χ2v) is 6.51. The van der Waals surface area contributed by atoms with E-state index >= 15 is 0 Å². The number of para-hydroxylation sites is 2. The van der Waals surface area contributed by atoms with Crippen LogP contribution in [0.15, 0.2) is 85.1 Å². The topological polar surface area (TPSA) is 40.9 Å². The molecule has 136 valence electrons. The maximum atomic E-state index is 13.4. The number of nitrogens with one attached hydrogen (secondary N) is 1. The van der Waals surface area contributed by atoms with Gasteiger partial charge in [0.1, 0.15) is 13.1 Å². The summed E-state index contributed by atoms with van der Waals surface area (Å²) in [6, 6.07) is 25.7. The van der Waals surface area contributed by atoms with E-state index in [1.54, 1.807) is 4.90 Å². The number of aromatic nitrogens is 1. The fraction of sp³-hybridized carbons (Fsp3) is 0.182. The van der Waals surface area contributed by atoms with Gasteiger partial charge in [-0.2, -0.15) is 0 Å².